The second-order valence-electron chi connectivity index (χ2n) is 35.1. The Morgan fingerprint density at radius 1 is 0.375 bits per heavy atom. The molecule has 9 aromatic heterocycles. The van der Waals surface area contributed by atoms with Crippen LogP contribution in [0.1, 0.15) is 79.6 Å². The maximum atomic E-state index is 6.37. The number of para-hydroxylation sites is 9. The summed E-state index contributed by atoms with van der Waals surface area (Å²) >= 11 is 0. The predicted molar refractivity (Wildman–Crippen MR) is 555 cm³/mol. The number of ether oxygens (including phenoxy) is 4. The summed E-state index contributed by atoms with van der Waals surface area (Å²) in [7, 11) is 5.33. The van der Waals surface area contributed by atoms with E-state index < -0.39 is 0 Å². The summed E-state index contributed by atoms with van der Waals surface area (Å²) < 4.78 is 42.8. The number of benzene rings is 15. The van der Waals surface area contributed by atoms with Gasteiger partial charge in [0.1, 0.15) is 29.3 Å². The fourth-order valence-corrected chi connectivity index (χ4v) is 20.2. The Hall–Kier alpha value is -14.9. The zero-order chi connectivity index (χ0) is 92.1. The van der Waals surface area contributed by atoms with Gasteiger partial charge in [0, 0.05) is 135 Å². The van der Waals surface area contributed by atoms with Crippen LogP contribution in [-0.4, -0.2) is 93.9 Å². The Morgan fingerprint density at radius 2 is 0.801 bits per heavy atom. The van der Waals surface area contributed by atoms with Crippen molar-refractivity contribution < 1.29 is 43.5 Å². The summed E-state index contributed by atoms with van der Waals surface area (Å²) in [5, 5.41) is 27.6. The molecule has 15 aromatic carbocycles. The zero-order valence-electron chi connectivity index (χ0n) is 78.2. The fraction of sp³-hybridized carbons (Fsp3) is 0.167. The van der Waals surface area contributed by atoms with Crippen LogP contribution in [0, 0.1) is 46.8 Å². The Labute approximate surface area is 803 Å². The minimum absolute atomic E-state index is 0. The van der Waals surface area contributed by atoms with Crippen LogP contribution in [0.2, 0.25) is 0 Å². The minimum Gasteiger partial charge on any atom is -0.491 e. The Kier molecular flexibility index (Phi) is 25.0. The van der Waals surface area contributed by atoms with Crippen LogP contribution in [0.25, 0.3) is 187 Å². The van der Waals surface area contributed by atoms with Crippen molar-refractivity contribution in [2.45, 2.75) is 106 Å². The zero-order valence-corrected chi connectivity index (χ0v) is 80.5. The van der Waals surface area contributed by atoms with Crippen molar-refractivity contribution in [1.29, 1.82) is 0 Å². The van der Waals surface area contributed by atoms with Crippen molar-refractivity contribution >= 4 is 137 Å². The van der Waals surface area contributed by atoms with Gasteiger partial charge in [-0.1, -0.05) is 215 Å². The van der Waals surface area contributed by atoms with Crippen LogP contribution in [0.5, 0.6) is 5.75 Å². The van der Waals surface area contributed by atoms with E-state index in [9.17, 15) is 0 Å². The third kappa shape index (κ3) is 16.4. The molecule has 0 N–H and O–H groups in total. The number of nitrogens with zero attached hydrogens (tertiary/aromatic N) is 10. The predicted octanol–water partition coefficient (Wildman–Crippen LogP) is 29.2. The number of fused-ring (bicyclic) bond motifs is 21. The van der Waals surface area contributed by atoms with E-state index in [-0.39, 0.29) is 38.4 Å². The number of hydrogen-bond donors (Lipinski definition) is 0. The maximum absolute atomic E-state index is 6.37. The van der Waals surface area contributed by atoms with Crippen molar-refractivity contribution in [3.05, 3.63) is 391 Å². The van der Waals surface area contributed by atoms with E-state index in [1.165, 1.54) is 115 Å². The van der Waals surface area contributed by atoms with Crippen LogP contribution in [0.3, 0.4) is 0 Å². The van der Waals surface area contributed by atoms with E-state index in [2.05, 4.69) is 377 Å². The largest absolute Gasteiger partial charge is 0.491 e. The first kappa shape index (κ1) is 89.0. The first-order valence-corrected chi connectivity index (χ1v) is 46.7. The van der Waals surface area contributed by atoms with Gasteiger partial charge in [0.2, 0.25) is 0 Å². The number of rotatable bonds is 20. The second-order valence-corrected chi connectivity index (χ2v) is 35.1. The molecule has 24 rings (SSSR count). The fourth-order valence-electron chi connectivity index (χ4n) is 20.2. The van der Waals surface area contributed by atoms with Crippen molar-refractivity contribution in [1.82, 2.24) is 47.6 Å². The molecule has 15 nitrogen and oxygen atoms in total. The molecule has 9 heterocycles. The van der Waals surface area contributed by atoms with E-state index in [0.29, 0.717) is 6.61 Å². The number of pyridine rings is 2. The van der Waals surface area contributed by atoms with Gasteiger partial charge in [-0.25, -0.2) is 0 Å². The molecule has 0 bridgehead atoms. The summed E-state index contributed by atoms with van der Waals surface area (Å²) in [6.07, 6.45) is 5.11. The van der Waals surface area contributed by atoms with Gasteiger partial charge in [-0.3, -0.25) is 4.68 Å². The normalized spacial score (nSPS) is 12.3. The molecule has 0 spiro atoms. The molecule has 0 fully saturated rings. The third-order valence-corrected chi connectivity index (χ3v) is 26.9. The molecule has 0 amide bonds. The molecule has 0 saturated heterocycles. The Morgan fingerprint density at radius 3 is 1.26 bits per heavy atom. The molecule has 3 atom stereocenters. The average Bonchev–Trinajstić information content (AvgIpc) is 1.52. The average molecular weight is 1960 g/mol. The molecule has 1 radical (unpaired) electrons. The van der Waals surface area contributed by atoms with E-state index in [1.807, 2.05) is 75.0 Å². The quantitative estimate of drug-likeness (QED) is 0.0541. The molecular formula is C120H104IrN10O5-2. The van der Waals surface area contributed by atoms with Crippen molar-refractivity contribution in [3.8, 4) is 56.4 Å². The van der Waals surface area contributed by atoms with Gasteiger partial charge >= 0.3 is 0 Å². The monoisotopic (exact) mass is 1960 g/mol. The molecule has 0 aliphatic carbocycles. The third-order valence-electron chi connectivity index (χ3n) is 26.9. The first-order chi connectivity index (χ1) is 66.2. The van der Waals surface area contributed by atoms with E-state index in [4.69, 9.17) is 33.4 Å². The van der Waals surface area contributed by atoms with Crippen LogP contribution >= 0.6 is 0 Å². The van der Waals surface area contributed by atoms with Gasteiger partial charge in [-0.2, -0.15) is 34.5 Å². The number of furan rings is 1. The standard InChI is InChI=1S/C47H36N2O2.C35H30N2O.C22H25N2O2.C16H13N4.Ir/c1-3-35(50-2)24-30-20-22-46-40(25-30)41-28-31(21-23-47(41)51-46)32-26-33(48-42-16-8-4-12-36(42)37-13-5-9-17-43(37)48)29-34(27-32)49-44-18-10-6-14-38(44)39-15-7-11-19-45(39)49;1-3-27(38-2)22-24-20-25(36-32-16-8-4-12-28(32)29-13-5-9-17-33(29)36)23-26(21-24)37-34-18-10-6-14-30(34)31-15-7-11-19-35(31)37;1-5-20(25-4)15-26-21-13-11-18(12-14-21)22-16(2)23-24(17(22)3)19-9-7-6-8-10-19;1-9-5-4-6-13-14(9)15-12(8-7-10(2)17-15)16-19-18-11(3)20(13)16;/h4-23,25-29,35H,3,24H2,1-2H3;4-21,23,27H,3,22H2,1-2H3;6-9,11-14,20H,5,15H2,1-4H3;4-7H,1-3H3;/q;;2*-1;. The Balaban J connectivity index is 0.000000119. The van der Waals surface area contributed by atoms with Gasteiger partial charge in [0.25, 0.3) is 0 Å². The molecule has 675 valence electrons. The summed E-state index contributed by atoms with van der Waals surface area (Å²) in [6, 6.07) is 128. The SMILES string of the molecule is CCC(COc1ccc(-c2c(C)nn(-c3[c-]cccc3)c2C)cc1)OC.CCC(Cc1cc(-n2c3ccccc3c3ccccc32)cc(-n2c3ccccc3c3ccccc32)c1)OC.CCC(Cc1ccc2oc3ccc(-c4cc(-n5c6ccccc6c6ccccc65)cc(-n5c6ccccc6c6ccccc65)c4)cc3c2c1)OC.Cc1c[c-]c2c(n1)c1c(C)cccc1n1c(C)nnc21.[Ir]. The summed E-state index contributed by atoms with van der Waals surface area (Å²) in [5.74, 6) is 1.73. The molecule has 0 saturated carbocycles. The smallest absolute Gasteiger partial charge is 0.135 e. The number of methoxy groups -OCH3 is 3. The van der Waals surface area contributed by atoms with Gasteiger partial charge in [0.15, 0.2) is 0 Å². The van der Waals surface area contributed by atoms with E-state index in [0.717, 1.165) is 149 Å². The summed E-state index contributed by atoms with van der Waals surface area (Å²) in [6.45, 7) is 17.2. The van der Waals surface area contributed by atoms with Crippen LogP contribution in [-0.2, 0) is 47.2 Å². The van der Waals surface area contributed by atoms with E-state index in [1.54, 1.807) is 14.2 Å². The van der Waals surface area contributed by atoms with Crippen LogP contribution < -0.4 is 4.74 Å². The maximum Gasteiger partial charge on any atom is 0.135 e. The van der Waals surface area contributed by atoms with Crippen LogP contribution in [0.4, 0.5) is 0 Å². The molecule has 3 unspecified atom stereocenters. The summed E-state index contributed by atoms with van der Waals surface area (Å²) in [5.41, 5.74) is 31.2. The topological polar surface area (TPSA) is 131 Å². The Bertz CT molecular complexity index is 8100. The molecule has 24 aromatic rings. The van der Waals surface area contributed by atoms with Gasteiger partial charge in [0.05, 0.1) is 73.8 Å². The van der Waals surface area contributed by atoms with E-state index >= 15 is 0 Å². The second kappa shape index (κ2) is 38.2. The first-order valence-electron chi connectivity index (χ1n) is 46.7. The number of hydrogen-bond acceptors (Lipinski definition) is 9. The number of aromatic nitrogens is 10. The summed E-state index contributed by atoms with van der Waals surface area (Å²) in [4.78, 5) is 4.71. The minimum atomic E-state index is 0. The van der Waals surface area contributed by atoms with Gasteiger partial charge in [-0.05, 0) is 243 Å². The molecule has 0 aliphatic rings. The molecule has 136 heavy (non-hydrogen) atoms. The molecule has 0 aliphatic heterocycles. The van der Waals surface area contributed by atoms with Crippen molar-refractivity contribution in [3.63, 3.8) is 0 Å². The van der Waals surface area contributed by atoms with Crippen molar-refractivity contribution in [2.24, 2.45) is 0 Å². The van der Waals surface area contributed by atoms with Gasteiger partial charge in [-0.15, -0.1) is 23.3 Å². The van der Waals surface area contributed by atoms with Crippen LogP contribution in [0.15, 0.2) is 344 Å². The van der Waals surface area contributed by atoms with Crippen molar-refractivity contribution in [2.75, 3.05) is 27.9 Å². The molecule has 16 heteroatoms. The number of aryl methyl sites for hydroxylation is 4. The van der Waals surface area contributed by atoms with Gasteiger partial charge < -0.3 is 51.0 Å². The molecular weight excluding hydrogens is 1850 g/mol.